The standard InChI is InChI=1S/C19H16Cl2F3NO/c1-10-4-5-16(20)15(18(10)21)8-12-7-14-11(2)6-13(26-19(22,23)24)9-17(14)25(12)3/h4-7,9H,8H2,1-3H3. The molecule has 3 aromatic rings. The number of nitrogens with zero attached hydrogens (tertiary/aromatic N) is 1. The molecule has 0 saturated heterocycles. The summed E-state index contributed by atoms with van der Waals surface area (Å²) in [5, 5.41) is 2.01. The summed E-state index contributed by atoms with van der Waals surface area (Å²) in [6.45, 7) is 3.65. The molecule has 3 rings (SSSR count). The Morgan fingerprint density at radius 2 is 1.73 bits per heavy atom. The molecule has 0 amide bonds. The van der Waals surface area contributed by atoms with Crippen LogP contribution in [0.3, 0.4) is 0 Å². The molecule has 0 spiro atoms. The van der Waals surface area contributed by atoms with Gasteiger partial charge in [-0.15, -0.1) is 13.2 Å². The van der Waals surface area contributed by atoms with E-state index in [0.717, 1.165) is 22.2 Å². The van der Waals surface area contributed by atoms with Crippen molar-refractivity contribution < 1.29 is 17.9 Å². The van der Waals surface area contributed by atoms with Crippen molar-refractivity contribution in [3.05, 3.63) is 62.8 Å². The van der Waals surface area contributed by atoms with Crippen LogP contribution in [-0.2, 0) is 13.5 Å². The van der Waals surface area contributed by atoms with E-state index in [1.165, 1.54) is 12.1 Å². The van der Waals surface area contributed by atoms with Crippen LogP contribution in [0.5, 0.6) is 5.75 Å². The summed E-state index contributed by atoms with van der Waals surface area (Å²) >= 11 is 12.7. The van der Waals surface area contributed by atoms with Crippen molar-refractivity contribution in [2.24, 2.45) is 7.05 Å². The number of aromatic nitrogens is 1. The second-order valence-corrected chi connectivity index (χ2v) is 7.03. The summed E-state index contributed by atoms with van der Waals surface area (Å²) in [7, 11) is 1.80. The predicted molar refractivity (Wildman–Crippen MR) is 98.3 cm³/mol. The number of alkyl halides is 3. The van der Waals surface area contributed by atoms with Crippen LogP contribution in [0.25, 0.3) is 10.9 Å². The number of fused-ring (bicyclic) bond motifs is 1. The lowest BCUT2D eigenvalue weighted by Crippen LogP contribution is -2.17. The molecule has 2 nitrogen and oxygen atoms in total. The number of ether oxygens (including phenoxy) is 1. The number of halogens is 5. The Kier molecular flexibility index (Phi) is 4.88. The zero-order valence-corrected chi connectivity index (χ0v) is 15.9. The second kappa shape index (κ2) is 6.71. The molecule has 0 radical (unpaired) electrons. The van der Waals surface area contributed by atoms with Gasteiger partial charge < -0.3 is 9.30 Å². The minimum atomic E-state index is -4.73. The Hall–Kier alpha value is -1.85. The third-order valence-corrected chi connectivity index (χ3v) is 5.29. The van der Waals surface area contributed by atoms with Gasteiger partial charge in [-0.3, -0.25) is 0 Å². The third-order valence-electron chi connectivity index (χ3n) is 4.41. The van der Waals surface area contributed by atoms with Gasteiger partial charge in [-0.25, -0.2) is 0 Å². The molecule has 1 heterocycles. The maximum Gasteiger partial charge on any atom is 0.573 e. The van der Waals surface area contributed by atoms with E-state index in [0.29, 0.717) is 27.5 Å². The van der Waals surface area contributed by atoms with Crippen LogP contribution in [0.15, 0.2) is 30.3 Å². The van der Waals surface area contributed by atoms with E-state index in [4.69, 9.17) is 23.2 Å². The summed E-state index contributed by atoms with van der Waals surface area (Å²) in [5.74, 6) is -0.234. The van der Waals surface area contributed by atoms with Gasteiger partial charge in [-0.2, -0.15) is 0 Å². The first-order valence-electron chi connectivity index (χ1n) is 7.85. The van der Waals surface area contributed by atoms with Gasteiger partial charge >= 0.3 is 6.36 Å². The molecule has 26 heavy (non-hydrogen) atoms. The second-order valence-electron chi connectivity index (χ2n) is 6.25. The maximum absolute atomic E-state index is 12.5. The van der Waals surface area contributed by atoms with Crippen LogP contribution in [-0.4, -0.2) is 10.9 Å². The van der Waals surface area contributed by atoms with Crippen molar-refractivity contribution >= 4 is 34.1 Å². The Bertz CT molecular complexity index is 993. The van der Waals surface area contributed by atoms with Gasteiger partial charge in [-0.1, -0.05) is 29.3 Å². The molecule has 0 bridgehead atoms. The number of rotatable bonds is 3. The Morgan fingerprint density at radius 1 is 1.04 bits per heavy atom. The number of benzene rings is 2. The first-order valence-corrected chi connectivity index (χ1v) is 8.60. The molecule has 0 atom stereocenters. The van der Waals surface area contributed by atoms with E-state index in [1.54, 1.807) is 20.0 Å². The van der Waals surface area contributed by atoms with Gasteiger partial charge in [0, 0.05) is 40.7 Å². The summed E-state index contributed by atoms with van der Waals surface area (Å²) < 4.78 is 43.5. The molecule has 0 aliphatic heterocycles. The molecule has 0 fully saturated rings. The minimum absolute atomic E-state index is 0.234. The van der Waals surface area contributed by atoms with Gasteiger partial charge in [0.15, 0.2) is 0 Å². The lowest BCUT2D eigenvalue weighted by Gasteiger charge is -2.12. The fourth-order valence-electron chi connectivity index (χ4n) is 3.05. The van der Waals surface area contributed by atoms with Crippen LogP contribution in [0.2, 0.25) is 10.0 Å². The Morgan fingerprint density at radius 3 is 2.38 bits per heavy atom. The Balaban J connectivity index is 2.08. The molecule has 138 valence electrons. The van der Waals surface area contributed by atoms with Crippen molar-refractivity contribution in [3.63, 3.8) is 0 Å². The highest BCUT2D eigenvalue weighted by Gasteiger charge is 2.31. The average Bonchev–Trinajstić information content (AvgIpc) is 2.83. The van der Waals surface area contributed by atoms with Gasteiger partial charge in [0.25, 0.3) is 0 Å². The zero-order chi connectivity index (χ0) is 19.2. The van der Waals surface area contributed by atoms with Crippen LogP contribution < -0.4 is 4.74 Å². The first-order chi connectivity index (χ1) is 12.1. The van der Waals surface area contributed by atoms with Crippen LogP contribution >= 0.6 is 23.2 Å². The van der Waals surface area contributed by atoms with Crippen LogP contribution in [0.1, 0.15) is 22.4 Å². The Labute approximate surface area is 159 Å². The van der Waals surface area contributed by atoms with E-state index in [1.807, 2.05) is 23.6 Å². The molecule has 1 aromatic heterocycles. The normalized spacial score (nSPS) is 12.0. The minimum Gasteiger partial charge on any atom is -0.406 e. The molecule has 0 N–H and O–H groups in total. The van der Waals surface area contributed by atoms with Crippen molar-refractivity contribution in [2.45, 2.75) is 26.6 Å². The molecule has 0 aliphatic carbocycles. The number of aryl methyl sites for hydroxylation is 3. The van der Waals surface area contributed by atoms with Crippen molar-refractivity contribution in [1.82, 2.24) is 4.57 Å². The fourth-order valence-corrected chi connectivity index (χ4v) is 3.56. The summed E-state index contributed by atoms with van der Waals surface area (Å²) in [6, 6.07) is 8.35. The smallest absolute Gasteiger partial charge is 0.406 e. The van der Waals surface area contributed by atoms with E-state index in [2.05, 4.69) is 4.74 Å². The molecule has 7 heteroatoms. The topological polar surface area (TPSA) is 14.2 Å². The highest BCUT2D eigenvalue weighted by molar-refractivity contribution is 6.36. The monoisotopic (exact) mass is 401 g/mol. The highest BCUT2D eigenvalue weighted by Crippen LogP contribution is 2.34. The first kappa shape index (κ1) is 18.9. The summed E-state index contributed by atoms with van der Waals surface area (Å²) in [4.78, 5) is 0. The van der Waals surface area contributed by atoms with Gasteiger partial charge in [0.1, 0.15) is 5.75 Å². The highest BCUT2D eigenvalue weighted by atomic mass is 35.5. The molecule has 0 saturated carbocycles. The maximum atomic E-state index is 12.5. The van der Waals surface area contributed by atoms with Crippen LogP contribution in [0.4, 0.5) is 13.2 Å². The van der Waals surface area contributed by atoms with Gasteiger partial charge in [0.05, 0.1) is 5.52 Å². The molecule has 2 aromatic carbocycles. The van der Waals surface area contributed by atoms with Gasteiger partial charge in [0.2, 0.25) is 0 Å². The number of hydrogen-bond donors (Lipinski definition) is 0. The zero-order valence-electron chi connectivity index (χ0n) is 14.3. The SMILES string of the molecule is Cc1ccc(Cl)c(Cc2cc3c(C)cc(OC(F)(F)F)cc3n2C)c1Cl. The van der Waals surface area contributed by atoms with Crippen molar-refractivity contribution in [1.29, 1.82) is 0 Å². The predicted octanol–water partition coefficient (Wildman–Crippen LogP) is 6.59. The molecule has 0 aliphatic rings. The summed E-state index contributed by atoms with van der Waals surface area (Å²) in [6.07, 6.45) is -4.25. The lowest BCUT2D eigenvalue weighted by molar-refractivity contribution is -0.274. The van der Waals surface area contributed by atoms with E-state index < -0.39 is 6.36 Å². The quantitative estimate of drug-likeness (QED) is 0.482. The number of hydrogen-bond acceptors (Lipinski definition) is 1. The largest absolute Gasteiger partial charge is 0.573 e. The third kappa shape index (κ3) is 3.64. The van der Waals surface area contributed by atoms with Crippen molar-refractivity contribution in [2.75, 3.05) is 0 Å². The van der Waals surface area contributed by atoms with Gasteiger partial charge in [-0.05, 0) is 48.7 Å². The molecular weight excluding hydrogens is 386 g/mol. The van der Waals surface area contributed by atoms with E-state index >= 15 is 0 Å². The van der Waals surface area contributed by atoms with E-state index in [9.17, 15) is 13.2 Å². The molecule has 0 unspecified atom stereocenters. The van der Waals surface area contributed by atoms with Crippen molar-refractivity contribution in [3.8, 4) is 5.75 Å². The fraction of sp³-hybridized carbons (Fsp3) is 0.263. The average molecular weight is 402 g/mol. The lowest BCUT2D eigenvalue weighted by atomic mass is 10.1. The van der Waals surface area contributed by atoms with Crippen LogP contribution in [0, 0.1) is 13.8 Å². The van der Waals surface area contributed by atoms with E-state index in [-0.39, 0.29) is 5.75 Å². The summed E-state index contributed by atoms with van der Waals surface area (Å²) in [5.41, 5.74) is 3.95. The molecular formula is C19H16Cl2F3NO.